The van der Waals surface area contributed by atoms with Gasteiger partial charge in [-0.05, 0) is 42.5 Å². The van der Waals surface area contributed by atoms with E-state index in [-0.39, 0.29) is 5.91 Å². The summed E-state index contributed by atoms with van der Waals surface area (Å²) in [7, 11) is 0. The van der Waals surface area contributed by atoms with E-state index in [1.165, 1.54) is 0 Å². The maximum atomic E-state index is 12.3. The number of hydrogen-bond acceptors (Lipinski definition) is 3. The van der Waals surface area contributed by atoms with Gasteiger partial charge in [-0.2, -0.15) is 0 Å². The smallest absolute Gasteiger partial charge is 0.255 e. The molecule has 116 valence electrons. The lowest BCUT2D eigenvalue weighted by Crippen LogP contribution is -2.11. The summed E-state index contributed by atoms with van der Waals surface area (Å²) in [6.07, 6.45) is 8.66. The Labute approximate surface area is 140 Å². The number of hydrogen-bond donors (Lipinski definition) is 1. The first-order valence-electron chi connectivity index (χ1n) is 7.30. The van der Waals surface area contributed by atoms with Crippen molar-refractivity contribution >= 4 is 11.6 Å². The summed E-state index contributed by atoms with van der Waals surface area (Å²) in [6, 6.07) is 17.7. The fourth-order valence-corrected chi connectivity index (χ4v) is 2.13. The third kappa shape index (κ3) is 3.79. The molecule has 0 saturated carbocycles. The molecule has 0 aliphatic rings. The zero-order valence-electron chi connectivity index (χ0n) is 12.8. The van der Waals surface area contributed by atoms with Crippen molar-refractivity contribution in [2.75, 3.05) is 5.32 Å². The van der Waals surface area contributed by atoms with Crippen molar-refractivity contribution in [3.05, 3.63) is 84.2 Å². The summed E-state index contributed by atoms with van der Waals surface area (Å²) in [4.78, 5) is 16.3. The van der Waals surface area contributed by atoms with Crippen LogP contribution in [0.4, 0.5) is 5.69 Å². The average molecular weight is 314 g/mol. The molecule has 2 aromatic carbocycles. The number of amides is 1. The molecule has 1 N–H and O–H groups in total. The molecule has 0 radical (unpaired) electrons. The van der Waals surface area contributed by atoms with Crippen LogP contribution in [0.25, 0.3) is 0 Å². The number of carbonyl (C=O) groups excluding carboxylic acids is 1. The van der Waals surface area contributed by atoms with Gasteiger partial charge in [-0.25, -0.2) is 0 Å². The minimum Gasteiger partial charge on any atom is -0.456 e. The van der Waals surface area contributed by atoms with Crippen LogP contribution in [0.5, 0.6) is 11.5 Å². The van der Waals surface area contributed by atoms with Gasteiger partial charge in [0, 0.05) is 29.1 Å². The molecule has 4 nitrogen and oxygen atoms in total. The van der Waals surface area contributed by atoms with Crippen LogP contribution in [0.3, 0.4) is 0 Å². The van der Waals surface area contributed by atoms with E-state index in [0.29, 0.717) is 28.3 Å². The predicted octanol–water partition coefficient (Wildman–Crippen LogP) is 4.11. The predicted molar refractivity (Wildman–Crippen MR) is 93.1 cm³/mol. The van der Waals surface area contributed by atoms with E-state index in [0.717, 1.165) is 0 Å². The maximum absolute atomic E-state index is 12.3. The summed E-state index contributed by atoms with van der Waals surface area (Å²) >= 11 is 0. The topological polar surface area (TPSA) is 51.2 Å². The lowest BCUT2D eigenvalue weighted by molar-refractivity contribution is 0.102. The molecule has 1 amide bonds. The van der Waals surface area contributed by atoms with Crippen LogP contribution in [0.15, 0.2) is 73.1 Å². The largest absolute Gasteiger partial charge is 0.456 e. The summed E-state index contributed by atoms with van der Waals surface area (Å²) in [6.45, 7) is 0. The number of aromatic nitrogens is 1. The van der Waals surface area contributed by atoms with Gasteiger partial charge in [0.15, 0.2) is 0 Å². The van der Waals surface area contributed by atoms with Crippen molar-refractivity contribution in [1.82, 2.24) is 4.98 Å². The number of nitrogens with one attached hydrogen (secondary N) is 1. The molecule has 1 aromatic heterocycles. The maximum Gasteiger partial charge on any atom is 0.255 e. The minimum absolute atomic E-state index is 0.231. The Balaban J connectivity index is 1.74. The van der Waals surface area contributed by atoms with E-state index in [2.05, 4.69) is 16.2 Å². The van der Waals surface area contributed by atoms with Crippen molar-refractivity contribution in [3.63, 3.8) is 0 Å². The molecule has 3 aromatic rings. The van der Waals surface area contributed by atoms with Crippen LogP contribution < -0.4 is 10.1 Å². The van der Waals surface area contributed by atoms with Gasteiger partial charge < -0.3 is 10.1 Å². The van der Waals surface area contributed by atoms with Gasteiger partial charge in [0.1, 0.15) is 11.5 Å². The van der Waals surface area contributed by atoms with E-state index < -0.39 is 0 Å². The second-order valence-corrected chi connectivity index (χ2v) is 5.00. The van der Waals surface area contributed by atoms with Crippen LogP contribution in [0.1, 0.15) is 15.9 Å². The Bertz CT molecular complexity index is 899. The Morgan fingerprint density at radius 1 is 1.04 bits per heavy atom. The van der Waals surface area contributed by atoms with Gasteiger partial charge in [0.2, 0.25) is 0 Å². The highest BCUT2D eigenvalue weighted by Crippen LogP contribution is 2.23. The fraction of sp³-hybridized carbons (Fsp3) is 0. The molecule has 0 fully saturated rings. The number of benzene rings is 2. The molecule has 24 heavy (non-hydrogen) atoms. The Morgan fingerprint density at radius 2 is 1.88 bits per heavy atom. The molecule has 0 aliphatic carbocycles. The molecule has 0 bridgehead atoms. The van der Waals surface area contributed by atoms with Crippen LogP contribution in [0.2, 0.25) is 0 Å². The third-order valence-corrected chi connectivity index (χ3v) is 3.25. The number of pyridine rings is 1. The van der Waals surface area contributed by atoms with E-state index in [9.17, 15) is 4.79 Å². The lowest BCUT2D eigenvalue weighted by atomic mass is 10.1. The normalized spacial score (nSPS) is 9.79. The molecule has 4 heteroatoms. The van der Waals surface area contributed by atoms with E-state index >= 15 is 0 Å². The zero-order chi connectivity index (χ0) is 16.8. The first-order valence-corrected chi connectivity index (χ1v) is 7.30. The monoisotopic (exact) mass is 314 g/mol. The Morgan fingerprint density at radius 3 is 2.67 bits per heavy atom. The minimum atomic E-state index is -0.231. The molecule has 0 spiro atoms. The molecule has 3 rings (SSSR count). The highest BCUT2D eigenvalue weighted by molar-refractivity contribution is 6.04. The fourth-order valence-electron chi connectivity index (χ4n) is 2.13. The second-order valence-electron chi connectivity index (χ2n) is 5.00. The van der Waals surface area contributed by atoms with Crippen LogP contribution in [-0.2, 0) is 0 Å². The van der Waals surface area contributed by atoms with Crippen LogP contribution in [-0.4, -0.2) is 10.9 Å². The Kier molecular flexibility index (Phi) is 4.55. The number of anilines is 1. The highest BCUT2D eigenvalue weighted by atomic mass is 16.5. The number of ether oxygens (including phenoxy) is 1. The molecule has 0 saturated heterocycles. The van der Waals surface area contributed by atoms with Gasteiger partial charge in [-0.1, -0.05) is 18.1 Å². The van der Waals surface area contributed by atoms with Crippen LogP contribution >= 0.6 is 0 Å². The van der Waals surface area contributed by atoms with E-state index in [4.69, 9.17) is 11.2 Å². The number of carbonyl (C=O) groups is 1. The van der Waals surface area contributed by atoms with Crippen molar-refractivity contribution < 1.29 is 9.53 Å². The van der Waals surface area contributed by atoms with Gasteiger partial charge >= 0.3 is 0 Å². The highest BCUT2D eigenvalue weighted by Gasteiger charge is 2.07. The first-order chi connectivity index (χ1) is 11.7. The van der Waals surface area contributed by atoms with Gasteiger partial charge in [0.25, 0.3) is 5.91 Å². The van der Waals surface area contributed by atoms with Gasteiger partial charge in [-0.3, -0.25) is 9.78 Å². The van der Waals surface area contributed by atoms with Crippen molar-refractivity contribution in [1.29, 1.82) is 0 Å². The van der Waals surface area contributed by atoms with Gasteiger partial charge in [0.05, 0.1) is 6.20 Å². The number of terminal acetylenes is 1. The third-order valence-electron chi connectivity index (χ3n) is 3.25. The molecule has 0 atom stereocenters. The molecule has 0 aliphatic heterocycles. The lowest BCUT2D eigenvalue weighted by Gasteiger charge is -2.09. The van der Waals surface area contributed by atoms with Crippen molar-refractivity contribution in [3.8, 4) is 23.8 Å². The zero-order valence-corrected chi connectivity index (χ0v) is 12.8. The summed E-state index contributed by atoms with van der Waals surface area (Å²) in [5.41, 5.74) is 1.80. The average Bonchev–Trinajstić information content (AvgIpc) is 2.63. The molecule has 0 unspecified atom stereocenters. The van der Waals surface area contributed by atoms with Crippen molar-refractivity contribution in [2.24, 2.45) is 0 Å². The standard InChI is InChI=1S/C20H14N2O2/c1-2-15-6-3-7-16(12-15)20(23)22-17-8-4-9-18(13-17)24-19-10-5-11-21-14-19/h1,3-14H,(H,22,23). The van der Waals surface area contributed by atoms with Crippen molar-refractivity contribution in [2.45, 2.75) is 0 Å². The van der Waals surface area contributed by atoms with Crippen LogP contribution in [0, 0.1) is 12.3 Å². The summed E-state index contributed by atoms with van der Waals surface area (Å²) in [5, 5.41) is 2.83. The number of nitrogens with zero attached hydrogens (tertiary/aromatic N) is 1. The van der Waals surface area contributed by atoms with Gasteiger partial charge in [-0.15, -0.1) is 6.42 Å². The SMILES string of the molecule is C#Cc1cccc(C(=O)Nc2cccc(Oc3cccnc3)c2)c1. The molecular formula is C20H14N2O2. The first kappa shape index (κ1) is 15.3. The second kappa shape index (κ2) is 7.12. The molecule has 1 heterocycles. The molecular weight excluding hydrogens is 300 g/mol. The van der Waals surface area contributed by atoms with E-state index in [1.54, 1.807) is 60.9 Å². The van der Waals surface area contributed by atoms with E-state index in [1.807, 2.05) is 12.1 Å². The number of rotatable bonds is 4. The Hall–Kier alpha value is -3.58. The summed E-state index contributed by atoms with van der Waals surface area (Å²) < 4.78 is 5.70. The quantitative estimate of drug-likeness (QED) is 0.737. The summed E-state index contributed by atoms with van der Waals surface area (Å²) in [5.74, 6) is 3.52.